The van der Waals surface area contributed by atoms with Crippen molar-refractivity contribution in [1.82, 2.24) is 0 Å². The van der Waals surface area contributed by atoms with Crippen molar-refractivity contribution in [2.75, 3.05) is 9.80 Å². The summed E-state index contributed by atoms with van der Waals surface area (Å²) in [4.78, 5) is 5.16. The molecule has 0 unspecified atom stereocenters. The maximum absolute atomic E-state index is 2.61. The topological polar surface area (TPSA) is 6.48 Å². The Balaban J connectivity index is 1.34. The van der Waals surface area contributed by atoms with Crippen LogP contribution >= 0.6 is 0 Å². The van der Waals surface area contributed by atoms with Crippen LogP contribution in [0, 0.1) is 6.92 Å². The Labute approximate surface area is 333 Å². The highest BCUT2D eigenvalue weighted by atomic mass is 15.2. The van der Waals surface area contributed by atoms with Gasteiger partial charge in [0, 0.05) is 40.0 Å². The second kappa shape index (κ2) is 12.6. The molecule has 3 aliphatic rings. The Morgan fingerprint density at radius 3 is 1.46 bits per heavy atom. The Bertz CT molecular complexity index is 2600. The van der Waals surface area contributed by atoms with Gasteiger partial charge in [-0.05, 0) is 128 Å². The average molecular weight is 725 g/mol. The van der Waals surface area contributed by atoms with Crippen LogP contribution in [0.5, 0.6) is 0 Å². The summed E-state index contributed by atoms with van der Waals surface area (Å²) in [7, 11) is 0. The van der Waals surface area contributed by atoms with Gasteiger partial charge >= 0.3 is 0 Å². The van der Waals surface area contributed by atoms with Gasteiger partial charge in [0.15, 0.2) is 0 Å². The molecule has 0 aromatic heterocycles. The smallest absolute Gasteiger partial charge is 0.252 e. The number of hydrogen-bond donors (Lipinski definition) is 0. The first-order chi connectivity index (χ1) is 27.0. The van der Waals surface area contributed by atoms with Crippen molar-refractivity contribution in [2.24, 2.45) is 0 Å². The highest BCUT2D eigenvalue weighted by Crippen LogP contribution is 2.49. The van der Waals surface area contributed by atoms with Gasteiger partial charge in [-0.15, -0.1) is 0 Å². The summed E-state index contributed by atoms with van der Waals surface area (Å²) in [5.74, 6) is 0.0956. The molecule has 0 amide bonds. The quantitative estimate of drug-likeness (QED) is 0.167. The molecule has 0 bridgehead atoms. The van der Waals surface area contributed by atoms with Gasteiger partial charge in [0.2, 0.25) is 0 Å². The largest absolute Gasteiger partial charge is 0.311 e. The molecule has 2 heterocycles. The van der Waals surface area contributed by atoms with E-state index in [1.807, 2.05) is 0 Å². The molecule has 0 atom stereocenters. The van der Waals surface area contributed by atoms with Crippen molar-refractivity contribution in [2.45, 2.75) is 71.6 Å². The maximum Gasteiger partial charge on any atom is 0.252 e. The number of rotatable bonds is 3. The third kappa shape index (κ3) is 5.46. The molecule has 0 saturated heterocycles. The van der Waals surface area contributed by atoms with Crippen LogP contribution in [0.4, 0.5) is 34.1 Å². The van der Waals surface area contributed by atoms with Gasteiger partial charge in [-0.3, -0.25) is 0 Å². The van der Waals surface area contributed by atoms with Crippen molar-refractivity contribution in [3.05, 3.63) is 196 Å². The SMILES string of the molecule is Cc1ccc(N2c3ccccc3B3c4ccccc4N(c4cc(C(C)(C)C)cc(C(C)(C)C)c4)c4cc(C5c6ccccc6Cc6ccccc65)cc2c43)cc1. The number of fused-ring (bicyclic) bond motifs is 6. The van der Waals surface area contributed by atoms with Gasteiger partial charge in [0.1, 0.15) is 0 Å². The third-order valence-corrected chi connectivity index (χ3v) is 12.6. The fourth-order valence-electron chi connectivity index (χ4n) is 9.63. The summed E-state index contributed by atoms with van der Waals surface area (Å²) < 4.78 is 0. The molecule has 7 aromatic carbocycles. The number of aryl methyl sites for hydroxylation is 1. The molecule has 10 rings (SSSR count). The summed E-state index contributed by atoms with van der Waals surface area (Å²) >= 11 is 0. The molecular formula is C53H49BN2. The predicted octanol–water partition coefficient (Wildman–Crippen LogP) is 11.8. The molecule has 7 aromatic rings. The average Bonchev–Trinajstić information content (AvgIpc) is 3.19. The number of para-hydroxylation sites is 2. The van der Waals surface area contributed by atoms with Crippen molar-refractivity contribution < 1.29 is 0 Å². The van der Waals surface area contributed by atoms with Crippen LogP contribution in [0.3, 0.4) is 0 Å². The lowest BCUT2D eigenvalue weighted by Crippen LogP contribution is -2.61. The van der Waals surface area contributed by atoms with Gasteiger partial charge in [0.05, 0.1) is 0 Å². The second-order valence-corrected chi connectivity index (χ2v) is 18.3. The first-order valence-corrected chi connectivity index (χ1v) is 20.3. The minimum absolute atomic E-state index is 0.0220. The zero-order valence-corrected chi connectivity index (χ0v) is 33.7. The van der Waals surface area contributed by atoms with Crippen molar-refractivity contribution in [1.29, 1.82) is 0 Å². The predicted molar refractivity (Wildman–Crippen MR) is 239 cm³/mol. The zero-order chi connectivity index (χ0) is 38.5. The molecule has 1 aliphatic carbocycles. The first-order valence-electron chi connectivity index (χ1n) is 20.3. The van der Waals surface area contributed by atoms with E-state index in [4.69, 9.17) is 0 Å². The highest BCUT2D eigenvalue weighted by molar-refractivity contribution is 7.00. The highest BCUT2D eigenvalue weighted by Gasteiger charge is 2.44. The van der Waals surface area contributed by atoms with E-state index in [1.165, 1.54) is 95.0 Å². The third-order valence-electron chi connectivity index (χ3n) is 12.6. The van der Waals surface area contributed by atoms with Crippen LogP contribution < -0.4 is 26.2 Å². The zero-order valence-electron chi connectivity index (χ0n) is 33.7. The lowest BCUT2D eigenvalue weighted by Gasteiger charge is -2.45. The van der Waals surface area contributed by atoms with Crippen molar-refractivity contribution >= 4 is 57.2 Å². The van der Waals surface area contributed by atoms with E-state index < -0.39 is 0 Å². The molecule has 0 saturated carbocycles. The van der Waals surface area contributed by atoms with E-state index in [1.54, 1.807) is 0 Å². The van der Waals surface area contributed by atoms with Gasteiger partial charge in [-0.1, -0.05) is 150 Å². The molecule has 274 valence electrons. The molecule has 2 aliphatic heterocycles. The summed E-state index contributed by atoms with van der Waals surface area (Å²) in [5, 5.41) is 0. The number of hydrogen-bond acceptors (Lipinski definition) is 2. The van der Waals surface area contributed by atoms with E-state index in [-0.39, 0.29) is 23.5 Å². The minimum Gasteiger partial charge on any atom is -0.311 e. The molecule has 2 nitrogen and oxygen atoms in total. The van der Waals surface area contributed by atoms with Crippen molar-refractivity contribution in [3.8, 4) is 0 Å². The number of anilines is 6. The second-order valence-electron chi connectivity index (χ2n) is 18.3. The summed E-state index contributed by atoms with van der Waals surface area (Å²) in [6.45, 7) is 16.3. The van der Waals surface area contributed by atoms with E-state index in [2.05, 4.69) is 210 Å². The Kier molecular flexibility index (Phi) is 7.81. The Hall–Kier alpha value is -5.80. The molecule has 56 heavy (non-hydrogen) atoms. The first kappa shape index (κ1) is 34.7. The fourth-order valence-corrected chi connectivity index (χ4v) is 9.63. The lowest BCUT2D eigenvalue weighted by molar-refractivity contribution is 0.569. The van der Waals surface area contributed by atoms with E-state index >= 15 is 0 Å². The molecule has 3 heteroatoms. The van der Waals surface area contributed by atoms with Gasteiger partial charge < -0.3 is 9.80 Å². The van der Waals surface area contributed by atoms with Crippen LogP contribution in [0.25, 0.3) is 0 Å². The lowest BCUT2D eigenvalue weighted by atomic mass is 9.33. The maximum atomic E-state index is 2.61. The van der Waals surface area contributed by atoms with Crippen LogP contribution in [-0.4, -0.2) is 6.71 Å². The van der Waals surface area contributed by atoms with Crippen molar-refractivity contribution in [3.63, 3.8) is 0 Å². The van der Waals surface area contributed by atoms with Gasteiger partial charge in [0.25, 0.3) is 6.71 Å². The Morgan fingerprint density at radius 1 is 0.482 bits per heavy atom. The van der Waals surface area contributed by atoms with Gasteiger partial charge in [-0.25, -0.2) is 0 Å². The normalized spacial score (nSPS) is 14.4. The summed E-state index contributed by atoms with van der Waals surface area (Å²) in [5.41, 5.74) is 22.3. The summed E-state index contributed by atoms with van der Waals surface area (Å²) in [6, 6.07) is 58.1. The standard InChI is InChI=1S/C53H49BN2/c1-34-24-26-40(27-25-34)55-46-22-14-12-20-44(46)54-45-21-13-15-23-47(45)56(41-32-38(52(2,3)4)31-39(33-41)53(5,6)7)49-30-37(29-48(55)51(49)54)50-42-18-10-8-16-35(42)28-36-17-9-11-19-43(36)50/h8-27,29-33,50H,28H2,1-7H3. The van der Waals surface area contributed by atoms with Crippen LogP contribution in [0.15, 0.2) is 152 Å². The van der Waals surface area contributed by atoms with Crippen LogP contribution in [0.2, 0.25) is 0 Å². The van der Waals surface area contributed by atoms with Gasteiger partial charge in [-0.2, -0.15) is 0 Å². The fraction of sp³-hybridized carbons (Fsp3) is 0.208. The van der Waals surface area contributed by atoms with Crippen LogP contribution in [-0.2, 0) is 17.3 Å². The monoisotopic (exact) mass is 724 g/mol. The van der Waals surface area contributed by atoms with E-state index in [0.717, 1.165) is 6.42 Å². The molecular weight excluding hydrogens is 675 g/mol. The summed E-state index contributed by atoms with van der Waals surface area (Å²) in [6.07, 6.45) is 0.959. The number of nitrogens with zero attached hydrogens (tertiary/aromatic N) is 2. The molecule has 0 radical (unpaired) electrons. The van der Waals surface area contributed by atoms with E-state index in [0.29, 0.717) is 0 Å². The molecule has 0 spiro atoms. The molecule has 0 N–H and O–H groups in total. The van der Waals surface area contributed by atoms with Crippen LogP contribution in [0.1, 0.15) is 92.0 Å². The molecule has 0 fully saturated rings. The van der Waals surface area contributed by atoms with E-state index in [9.17, 15) is 0 Å². The Morgan fingerprint density at radius 2 is 0.946 bits per heavy atom. The minimum atomic E-state index is -0.0220. The number of benzene rings is 7.